The van der Waals surface area contributed by atoms with E-state index in [-0.39, 0.29) is 5.56 Å². The zero-order chi connectivity index (χ0) is 12.1. The van der Waals surface area contributed by atoms with E-state index in [1.807, 2.05) is 12.3 Å². The molecule has 2 aromatic rings. The molecule has 0 unspecified atom stereocenters. The van der Waals surface area contributed by atoms with Crippen molar-refractivity contribution in [3.05, 3.63) is 48.0 Å². The Morgan fingerprint density at radius 3 is 3.06 bits per heavy atom. The lowest BCUT2D eigenvalue weighted by Gasteiger charge is -2.08. The SMILES string of the molecule is O=Cc1cc(F)ccc1OCCn1cccn1. The van der Waals surface area contributed by atoms with Crippen LogP contribution in [0.1, 0.15) is 10.4 Å². The molecule has 1 heterocycles. The second-order valence-corrected chi connectivity index (χ2v) is 3.42. The molecule has 5 heteroatoms. The molecule has 0 saturated heterocycles. The van der Waals surface area contributed by atoms with Crippen molar-refractivity contribution in [2.45, 2.75) is 6.54 Å². The van der Waals surface area contributed by atoms with Crippen LogP contribution in [0.3, 0.4) is 0 Å². The van der Waals surface area contributed by atoms with Gasteiger partial charge >= 0.3 is 0 Å². The second kappa shape index (κ2) is 5.25. The Morgan fingerprint density at radius 2 is 2.35 bits per heavy atom. The predicted molar refractivity (Wildman–Crippen MR) is 59.5 cm³/mol. The number of hydrogen-bond acceptors (Lipinski definition) is 3. The van der Waals surface area contributed by atoms with E-state index in [0.717, 1.165) is 6.07 Å². The van der Waals surface area contributed by atoms with Gasteiger partial charge in [-0.3, -0.25) is 9.48 Å². The number of aldehydes is 1. The summed E-state index contributed by atoms with van der Waals surface area (Å²) in [6.45, 7) is 0.941. The third-order valence-electron chi connectivity index (χ3n) is 2.24. The van der Waals surface area contributed by atoms with Crippen molar-refractivity contribution < 1.29 is 13.9 Å². The number of aromatic nitrogens is 2. The Kier molecular flexibility index (Phi) is 3.49. The van der Waals surface area contributed by atoms with E-state index in [1.165, 1.54) is 12.1 Å². The van der Waals surface area contributed by atoms with Crippen molar-refractivity contribution in [3.63, 3.8) is 0 Å². The number of ether oxygens (including phenoxy) is 1. The molecule has 0 aliphatic heterocycles. The zero-order valence-electron chi connectivity index (χ0n) is 9.04. The van der Waals surface area contributed by atoms with Crippen LogP contribution in [0.5, 0.6) is 5.75 Å². The molecule has 17 heavy (non-hydrogen) atoms. The van der Waals surface area contributed by atoms with Crippen LogP contribution < -0.4 is 4.74 Å². The molecule has 2 rings (SSSR count). The molecule has 0 radical (unpaired) electrons. The maximum absolute atomic E-state index is 12.9. The number of benzene rings is 1. The molecule has 0 fully saturated rings. The Bertz CT molecular complexity index is 497. The van der Waals surface area contributed by atoms with Crippen molar-refractivity contribution in [2.24, 2.45) is 0 Å². The van der Waals surface area contributed by atoms with Gasteiger partial charge in [0.1, 0.15) is 18.2 Å². The monoisotopic (exact) mass is 234 g/mol. The first-order valence-corrected chi connectivity index (χ1v) is 5.14. The Hall–Kier alpha value is -2.17. The largest absolute Gasteiger partial charge is 0.491 e. The lowest BCUT2D eigenvalue weighted by Crippen LogP contribution is -2.09. The van der Waals surface area contributed by atoms with Gasteiger partial charge in [0.25, 0.3) is 0 Å². The average Bonchev–Trinajstić information content (AvgIpc) is 2.84. The van der Waals surface area contributed by atoms with Gasteiger partial charge in [0.15, 0.2) is 6.29 Å². The summed E-state index contributed by atoms with van der Waals surface area (Å²) >= 11 is 0. The average molecular weight is 234 g/mol. The van der Waals surface area contributed by atoms with E-state index < -0.39 is 5.82 Å². The maximum atomic E-state index is 12.9. The molecule has 0 aliphatic carbocycles. The topological polar surface area (TPSA) is 44.1 Å². The number of halogens is 1. The highest BCUT2D eigenvalue weighted by atomic mass is 19.1. The first-order chi connectivity index (χ1) is 8.29. The van der Waals surface area contributed by atoms with Crippen molar-refractivity contribution in [1.82, 2.24) is 9.78 Å². The van der Waals surface area contributed by atoms with Crippen molar-refractivity contribution >= 4 is 6.29 Å². The van der Waals surface area contributed by atoms with Gasteiger partial charge in [0.2, 0.25) is 0 Å². The minimum Gasteiger partial charge on any atom is -0.491 e. The van der Waals surface area contributed by atoms with Gasteiger partial charge < -0.3 is 4.74 Å². The van der Waals surface area contributed by atoms with Gasteiger partial charge in [-0.25, -0.2) is 4.39 Å². The summed E-state index contributed by atoms with van der Waals surface area (Å²) in [7, 11) is 0. The number of carbonyl (C=O) groups is 1. The molecule has 4 nitrogen and oxygen atoms in total. The molecule has 0 bridgehead atoms. The predicted octanol–water partition coefficient (Wildman–Crippen LogP) is 1.91. The molecule has 88 valence electrons. The van der Waals surface area contributed by atoms with Gasteiger partial charge in [-0.1, -0.05) is 0 Å². The highest BCUT2D eigenvalue weighted by molar-refractivity contribution is 5.79. The van der Waals surface area contributed by atoms with E-state index in [0.29, 0.717) is 25.2 Å². The van der Waals surface area contributed by atoms with Crippen molar-refractivity contribution in [3.8, 4) is 5.75 Å². The molecular formula is C12H11FN2O2. The quantitative estimate of drug-likeness (QED) is 0.742. The summed E-state index contributed by atoms with van der Waals surface area (Å²) in [5.41, 5.74) is 0.213. The normalized spacial score (nSPS) is 10.2. The molecule has 0 amide bonds. The van der Waals surface area contributed by atoms with E-state index >= 15 is 0 Å². The summed E-state index contributed by atoms with van der Waals surface area (Å²) in [6.07, 6.45) is 4.07. The lowest BCUT2D eigenvalue weighted by molar-refractivity contribution is 0.111. The van der Waals surface area contributed by atoms with Gasteiger partial charge in [0, 0.05) is 12.4 Å². The van der Waals surface area contributed by atoms with E-state index in [9.17, 15) is 9.18 Å². The third kappa shape index (κ3) is 2.90. The fraction of sp³-hybridized carbons (Fsp3) is 0.167. The Morgan fingerprint density at radius 1 is 1.47 bits per heavy atom. The highest BCUT2D eigenvalue weighted by Crippen LogP contribution is 2.17. The minimum absolute atomic E-state index is 0.213. The van der Waals surface area contributed by atoms with Crippen LogP contribution in [-0.2, 0) is 6.54 Å². The Labute approximate surface area is 97.6 Å². The third-order valence-corrected chi connectivity index (χ3v) is 2.24. The van der Waals surface area contributed by atoms with Crippen LogP contribution in [0.2, 0.25) is 0 Å². The number of nitrogens with zero attached hydrogens (tertiary/aromatic N) is 2. The first kappa shape index (κ1) is 11.3. The molecule has 0 N–H and O–H groups in total. The van der Waals surface area contributed by atoms with Crippen LogP contribution in [0.25, 0.3) is 0 Å². The summed E-state index contributed by atoms with van der Waals surface area (Å²) in [4.78, 5) is 10.7. The summed E-state index contributed by atoms with van der Waals surface area (Å²) in [5.74, 6) is -0.0694. The van der Waals surface area contributed by atoms with Crippen molar-refractivity contribution in [2.75, 3.05) is 6.61 Å². The molecule has 0 aliphatic rings. The number of hydrogen-bond donors (Lipinski definition) is 0. The van der Waals surface area contributed by atoms with Gasteiger partial charge in [-0.05, 0) is 24.3 Å². The molecule has 0 saturated carbocycles. The maximum Gasteiger partial charge on any atom is 0.153 e. The fourth-order valence-corrected chi connectivity index (χ4v) is 1.42. The molecule has 1 aromatic carbocycles. The number of rotatable bonds is 5. The minimum atomic E-state index is -0.452. The highest BCUT2D eigenvalue weighted by Gasteiger charge is 2.04. The summed E-state index contributed by atoms with van der Waals surface area (Å²) in [6, 6.07) is 5.67. The molecule has 1 aromatic heterocycles. The summed E-state index contributed by atoms with van der Waals surface area (Å²) in [5, 5.41) is 4.01. The van der Waals surface area contributed by atoms with E-state index in [1.54, 1.807) is 10.9 Å². The molecule has 0 atom stereocenters. The number of carbonyl (C=O) groups excluding carboxylic acids is 1. The lowest BCUT2D eigenvalue weighted by atomic mass is 10.2. The standard InChI is InChI=1S/C12H11FN2O2/c13-11-2-3-12(10(8-11)9-16)17-7-6-15-5-1-4-14-15/h1-5,8-9H,6-7H2. The summed E-state index contributed by atoms with van der Waals surface area (Å²) < 4.78 is 20.0. The first-order valence-electron chi connectivity index (χ1n) is 5.14. The fourth-order valence-electron chi connectivity index (χ4n) is 1.42. The van der Waals surface area contributed by atoms with Crippen LogP contribution in [0.15, 0.2) is 36.7 Å². The van der Waals surface area contributed by atoms with Crippen LogP contribution in [0, 0.1) is 5.82 Å². The van der Waals surface area contributed by atoms with Gasteiger partial charge in [0.05, 0.1) is 12.1 Å². The van der Waals surface area contributed by atoms with E-state index in [4.69, 9.17) is 4.74 Å². The second-order valence-electron chi connectivity index (χ2n) is 3.42. The smallest absolute Gasteiger partial charge is 0.153 e. The van der Waals surface area contributed by atoms with Crippen LogP contribution in [-0.4, -0.2) is 22.7 Å². The zero-order valence-corrected chi connectivity index (χ0v) is 9.04. The van der Waals surface area contributed by atoms with E-state index in [2.05, 4.69) is 5.10 Å². The van der Waals surface area contributed by atoms with Crippen molar-refractivity contribution in [1.29, 1.82) is 0 Å². The Balaban J connectivity index is 1.96. The van der Waals surface area contributed by atoms with Crippen LogP contribution >= 0.6 is 0 Å². The van der Waals surface area contributed by atoms with Gasteiger partial charge in [-0.2, -0.15) is 5.10 Å². The van der Waals surface area contributed by atoms with Crippen LogP contribution in [0.4, 0.5) is 4.39 Å². The molecular weight excluding hydrogens is 223 g/mol. The molecule has 0 spiro atoms. The van der Waals surface area contributed by atoms with Gasteiger partial charge in [-0.15, -0.1) is 0 Å².